The number of benzene rings is 1. The number of rotatable bonds is 6. The topological polar surface area (TPSA) is 32.3 Å². The third-order valence-electron chi connectivity index (χ3n) is 4.15. The lowest BCUT2D eigenvalue weighted by Crippen LogP contribution is -2.36. The maximum Gasteiger partial charge on any atom is 0.251 e. The second-order valence-corrected chi connectivity index (χ2v) is 7.06. The molecule has 112 valence electrons. The van der Waals surface area contributed by atoms with Gasteiger partial charge in [0, 0.05) is 0 Å². The SMILES string of the molecule is CSCC[C@H]1NC(=S)N([C@H](c2ccccc2)C2CC2)C1=O. The average molecular weight is 320 g/mol. The Morgan fingerprint density at radius 2 is 2.10 bits per heavy atom. The van der Waals surface area contributed by atoms with Crippen LogP contribution in [0.3, 0.4) is 0 Å². The minimum absolute atomic E-state index is 0.109. The van der Waals surface area contributed by atoms with Gasteiger partial charge in [0.1, 0.15) is 6.04 Å². The first-order valence-corrected chi connectivity index (χ1v) is 9.20. The summed E-state index contributed by atoms with van der Waals surface area (Å²) in [5, 5.41) is 3.82. The van der Waals surface area contributed by atoms with Crippen LogP contribution < -0.4 is 5.32 Å². The predicted molar refractivity (Wildman–Crippen MR) is 91.3 cm³/mol. The Morgan fingerprint density at radius 1 is 1.38 bits per heavy atom. The predicted octanol–water partition coefficient (Wildman–Crippen LogP) is 2.98. The van der Waals surface area contributed by atoms with Gasteiger partial charge >= 0.3 is 0 Å². The van der Waals surface area contributed by atoms with Crippen molar-refractivity contribution >= 4 is 35.0 Å². The summed E-state index contributed by atoms with van der Waals surface area (Å²) in [5.74, 6) is 1.67. The molecule has 1 aromatic carbocycles. The van der Waals surface area contributed by atoms with Crippen LogP contribution in [0, 0.1) is 5.92 Å². The van der Waals surface area contributed by atoms with E-state index in [1.165, 1.54) is 18.4 Å². The van der Waals surface area contributed by atoms with E-state index in [1.54, 1.807) is 11.8 Å². The molecule has 3 rings (SSSR count). The van der Waals surface area contributed by atoms with Crippen LogP contribution in [0.5, 0.6) is 0 Å². The smallest absolute Gasteiger partial charge is 0.251 e. The second kappa shape index (κ2) is 6.36. The molecule has 0 bridgehead atoms. The van der Waals surface area contributed by atoms with Crippen LogP contribution in [0.4, 0.5) is 0 Å². The van der Waals surface area contributed by atoms with Crippen molar-refractivity contribution < 1.29 is 4.79 Å². The number of carbonyl (C=O) groups is 1. The van der Waals surface area contributed by atoms with Crippen LogP contribution in [0.25, 0.3) is 0 Å². The molecule has 1 heterocycles. The van der Waals surface area contributed by atoms with Gasteiger partial charge in [0.25, 0.3) is 5.91 Å². The third-order valence-corrected chi connectivity index (χ3v) is 5.11. The molecule has 1 saturated carbocycles. The van der Waals surface area contributed by atoms with Crippen molar-refractivity contribution in [3.05, 3.63) is 35.9 Å². The van der Waals surface area contributed by atoms with Gasteiger partial charge in [-0.2, -0.15) is 11.8 Å². The first kappa shape index (κ1) is 14.9. The van der Waals surface area contributed by atoms with Crippen LogP contribution in [-0.4, -0.2) is 34.0 Å². The lowest BCUT2D eigenvalue weighted by molar-refractivity contribution is -0.129. The maximum atomic E-state index is 12.7. The Hall–Kier alpha value is -1.07. The molecule has 2 aliphatic rings. The summed E-state index contributed by atoms with van der Waals surface area (Å²) in [6, 6.07) is 10.3. The van der Waals surface area contributed by atoms with E-state index >= 15 is 0 Å². The number of hydrogen-bond donors (Lipinski definition) is 1. The fraction of sp³-hybridized carbons (Fsp3) is 0.500. The average Bonchev–Trinajstić information content (AvgIpc) is 3.29. The van der Waals surface area contributed by atoms with Gasteiger partial charge in [-0.15, -0.1) is 0 Å². The van der Waals surface area contributed by atoms with Crippen LogP contribution in [-0.2, 0) is 4.79 Å². The Balaban J connectivity index is 1.83. The van der Waals surface area contributed by atoms with E-state index in [-0.39, 0.29) is 18.0 Å². The molecule has 1 aliphatic carbocycles. The molecule has 5 heteroatoms. The van der Waals surface area contributed by atoms with E-state index in [4.69, 9.17) is 12.2 Å². The van der Waals surface area contributed by atoms with Gasteiger partial charge in [-0.05, 0) is 55.0 Å². The van der Waals surface area contributed by atoms with E-state index in [0.717, 1.165) is 12.2 Å². The highest BCUT2D eigenvalue weighted by Crippen LogP contribution is 2.45. The fourth-order valence-corrected chi connectivity index (χ4v) is 3.75. The first-order chi connectivity index (χ1) is 10.2. The van der Waals surface area contributed by atoms with E-state index in [0.29, 0.717) is 11.0 Å². The molecular formula is C16H20N2OS2. The van der Waals surface area contributed by atoms with E-state index in [2.05, 4.69) is 23.7 Å². The Bertz CT molecular complexity index is 530. The molecule has 2 fully saturated rings. The van der Waals surface area contributed by atoms with Crippen LogP contribution in [0.1, 0.15) is 30.9 Å². The van der Waals surface area contributed by atoms with Crippen LogP contribution in [0.15, 0.2) is 30.3 Å². The molecule has 1 aromatic rings. The molecule has 0 aromatic heterocycles. The lowest BCUT2D eigenvalue weighted by Gasteiger charge is -2.27. The molecule has 0 radical (unpaired) electrons. The highest BCUT2D eigenvalue weighted by molar-refractivity contribution is 7.98. The van der Waals surface area contributed by atoms with Crippen molar-refractivity contribution in [2.75, 3.05) is 12.0 Å². The number of carbonyl (C=O) groups excluding carboxylic acids is 1. The molecule has 1 N–H and O–H groups in total. The molecule has 1 saturated heterocycles. The van der Waals surface area contributed by atoms with Gasteiger partial charge in [-0.3, -0.25) is 9.69 Å². The zero-order valence-electron chi connectivity index (χ0n) is 12.1. The highest BCUT2D eigenvalue weighted by Gasteiger charge is 2.45. The van der Waals surface area contributed by atoms with Crippen LogP contribution >= 0.6 is 24.0 Å². The van der Waals surface area contributed by atoms with E-state index < -0.39 is 0 Å². The summed E-state index contributed by atoms with van der Waals surface area (Å²) >= 11 is 7.22. The van der Waals surface area contributed by atoms with Crippen LogP contribution in [0.2, 0.25) is 0 Å². The van der Waals surface area contributed by atoms with E-state index in [1.807, 2.05) is 23.1 Å². The summed E-state index contributed by atoms with van der Waals surface area (Å²) in [4.78, 5) is 14.6. The summed E-state index contributed by atoms with van der Waals surface area (Å²) in [7, 11) is 0. The van der Waals surface area contributed by atoms with Crippen molar-refractivity contribution in [1.82, 2.24) is 10.2 Å². The molecule has 1 aliphatic heterocycles. The standard InChI is InChI=1S/C16H20N2OS2/c1-21-10-9-13-15(19)18(16(20)17-13)14(12-7-8-12)11-5-3-2-4-6-11/h2-6,12-14H,7-10H2,1H3,(H,17,20)/t13-,14-/m1/s1. The number of thiocarbonyl (C=S) groups is 1. The molecule has 21 heavy (non-hydrogen) atoms. The molecule has 0 unspecified atom stereocenters. The molecule has 2 atom stereocenters. The van der Waals surface area contributed by atoms with Gasteiger partial charge in [0.05, 0.1) is 6.04 Å². The van der Waals surface area contributed by atoms with Crippen molar-refractivity contribution in [2.45, 2.75) is 31.3 Å². The van der Waals surface area contributed by atoms with Crippen molar-refractivity contribution in [2.24, 2.45) is 5.92 Å². The quantitative estimate of drug-likeness (QED) is 0.817. The lowest BCUT2D eigenvalue weighted by atomic mass is 10.0. The number of nitrogens with one attached hydrogen (secondary N) is 1. The molecule has 1 amide bonds. The minimum Gasteiger partial charge on any atom is -0.350 e. The fourth-order valence-electron chi connectivity index (χ4n) is 2.94. The first-order valence-electron chi connectivity index (χ1n) is 7.40. The Kier molecular flexibility index (Phi) is 4.50. The normalized spacial score (nSPS) is 23.3. The molecule has 3 nitrogen and oxygen atoms in total. The monoisotopic (exact) mass is 320 g/mol. The van der Waals surface area contributed by atoms with Gasteiger partial charge in [-0.1, -0.05) is 30.3 Å². The van der Waals surface area contributed by atoms with Crippen molar-refractivity contribution in [3.8, 4) is 0 Å². The van der Waals surface area contributed by atoms with E-state index in [9.17, 15) is 4.79 Å². The largest absolute Gasteiger partial charge is 0.350 e. The summed E-state index contributed by atoms with van der Waals surface area (Å²) < 4.78 is 0. The zero-order chi connectivity index (χ0) is 14.8. The summed E-state index contributed by atoms with van der Waals surface area (Å²) in [6.45, 7) is 0. The van der Waals surface area contributed by atoms with Gasteiger partial charge in [-0.25, -0.2) is 0 Å². The Labute approximate surface area is 135 Å². The van der Waals surface area contributed by atoms with Gasteiger partial charge in [0.15, 0.2) is 5.11 Å². The summed E-state index contributed by atoms with van der Waals surface area (Å²) in [6.07, 6.45) is 5.26. The van der Waals surface area contributed by atoms with Crippen molar-refractivity contribution in [3.63, 3.8) is 0 Å². The number of amides is 1. The zero-order valence-corrected chi connectivity index (χ0v) is 13.8. The third kappa shape index (κ3) is 3.09. The summed E-state index contributed by atoms with van der Waals surface area (Å²) in [5.41, 5.74) is 1.20. The minimum atomic E-state index is -0.144. The van der Waals surface area contributed by atoms with Gasteiger partial charge in [0.2, 0.25) is 0 Å². The highest BCUT2D eigenvalue weighted by atomic mass is 32.2. The second-order valence-electron chi connectivity index (χ2n) is 5.68. The molecular weight excluding hydrogens is 300 g/mol. The maximum absolute atomic E-state index is 12.7. The molecule has 0 spiro atoms. The van der Waals surface area contributed by atoms with Crippen molar-refractivity contribution in [1.29, 1.82) is 0 Å². The number of nitrogens with zero attached hydrogens (tertiary/aromatic N) is 1. The Morgan fingerprint density at radius 3 is 2.71 bits per heavy atom. The number of thioether (sulfide) groups is 1. The number of hydrogen-bond acceptors (Lipinski definition) is 3. The van der Waals surface area contributed by atoms with Gasteiger partial charge < -0.3 is 5.32 Å².